The van der Waals surface area contributed by atoms with Gasteiger partial charge in [0.05, 0.1) is 11.0 Å². The van der Waals surface area contributed by atoms with E-state index < -0.39 is 5.56 Å². The van der Waals surface area contributed by atoms with Gasteiger partial charge >= 0.3 is 0 Å². The van der Waals surface area contributed by atoms with E-state index in [1.165, 1.54) is 0 Å². The van der Waals surface area contributed by atoms with Crippen molar-refractivity contribution in [3.8, 4) is 0 Å². The summed E-state index contributed by atoms with van der Waals surface area (Å²) in [7, 11) is 0. The third-order valence-corrected chi connectivity index (χ3v) is 3.62. The average Bonchev–Trinajstić information content (AvgIpc) is 2.83. The minimum Gasteiger partial charge on any atom is -0.334 e. The minimum atomic E-state index is -0.414. The molecule has 0 aliphatic carbocycles. The van der Waals surface area contributed by atoms with Gasteiger partial charge in [0, 0.05) is 12.6 Å². The van der Waals surface area contributed by atoms with Crippen LogP contribution < -0.4 is 5.56 Å². The first-order chi connectivity index (χ1) is 9.16. The number of likely N-dealkylation sites (tertiary alicyclic amines) is 1. The summed E-state index contributed by atoms with van der Waals surface area (Å²) in [6.45, 7) is 2.70. The lowest BCUT2D eigenvalue weighted by Crippen LogP contribution is -2.37. The maximum absolute atomic E-state index is 12.4. The quantitative estimate of drug-likeness (QED) is 0.842. The summed E-state index contributed by atoms with van der Waals surface area (Å²) >= 11 is 0. The highest BCUT2D eigenvalue weighted by atomic mass is 16.2. The molecule has 19 heavy (non-hydrogen) atoms. The molecule has 0 radical (unpaired) electrons. The molecule has 1 atom stereocenters. The SMILES string of the molecule is CC1CCCN1C(=O)c1nc2ccccc2[nH]c1=O. The van der Waals surface area contributed by atoms with E-state index in [0.29, 0.717) is 17.6 Å². The molecule has 0 spiro atoms. The monoisotopic (exact) mass is 257 g/mol. The topological polar surface area (TPSA) is 66.1 Å². The summed E-state index contributed by atoms with van der Waals surface area (Å²) in [4.78, 5) is 33.0. The Bertz CT molecular complexity index is 692. The summed E-state index contributed by atoms with van der Waals surface area (Å²) in [6, 6.07) is 7.40. The number of aromatic amines is 1. The van der Waals surface area contributed by atoms with Crippen LogP contribution in [0.5, 0.6) is 0 Å². The van der Waals surface area contributed by atoms with E-state index in [2.05, 4.69) is 9.97 Å². The first-order valence-electron chi connectivity index (χ1n) is 6.47. The number of benzene rings is 1. The van der Waals surface area contributed by atoms with Crippen LogP contribution in [0, 0.1) is 0 Å². The van der Waals surface area contributed by atoms with Gasteiger partial charge in [-0.15, -0.1) is 0 Å². The third kappa shape index (κ3) is 2.01. The third-order valence-electron chi connectivity index (χ3n) is 3.62. The molecular formula is C14H15N3O2. The van der Waals surface area contributed by atoms with Crippen molar-refractivity contribution in [2.24, 2.45) is 0 Å². The van der Waals surface area contributed by atoms with E-state index >= 15 is 0 Å². The number of para-hydroxylation sites is 2. The van der Waals surface area contributed by atoms with Gasteiger partial charge in [0.1, 0.15) is 0 Å². The van der Waals surface area contributed by atoms with Crippen LogP contribution in [-0.4, -0.2) is 33.4 Å². The second-order valence-electron chi connectivity index (χ2n) is 4.92. The van der Waals surface area contributed by atoms with Crippen LogP contribution >= 0.6 is 0 Å². The summed E-state index contributed by atoms with van der Waals surface area (Å²) in [6.07, 6.45) is 1.97. The summed E-state index contributed by atoms with van der Waals surface area (Å²) in [5, 5.41) is 0. The van der Waals surface area contributed by atoms with E-state index in [9.17, 15) is 9.59 Å². The average molecular weight is 257 g/mol. The van der Waals surface area contributed by atoms with Crippen molar-refractivity contribution in [3.63, 3.8) is 0 Å². The van der Waals surface area contributed by atoms with Crippen molar-refractivity contribution in [1.82, 2.24) is 14.9 Å². The van der Waals surface area contributed by atoms with Crippen molar-refractivity contribution in [2.45, 2.75) is 25.8 Å². The van der Waals surface area contributed by atoms with Gasteiger partial charge in [0.15, 0.2) is 5.69 Å². The molecule has 1 amide bonds. The molecule has 5 nitrogen and oxygen atoms in total. The summed E-state index contributed by atoms with van der Waals surface area (Å²) < 4.78 is 0. The van der Waals surface area contributed by atoms with Crippen molar-refractivity contribution in [2.75, 3.05) is 6.54 Å². The number of hydrogen-bond acceptors (Lipinski definition) is 3. The van der Waals surface area contributed by atoms with Crippen LogP contribution in [0.25, 0.3) is 11.0 Å². The van der Waals surface area contributed by atoms with E-state index in [1.54, 1.807) is 17.0 Å². The number of amides is 1. The number of carbonyl (C=O) groups excluding carboxylic acids is 1. The smallest absolute Gasteiger partial charge is 0.280 e. The van der Waals surface area contributed by atoms with E-state index in [-0.39, 0.29) is 17.6 Å². The lowest BCUT2D eigenvalue weighted by atomic mass is 10.2. The van der Waals surface area contributed by atoms with Crippen molar-refractivity contribution >= 4 is 16.9 Å². The van der Waals surface area contributed by atoms with Gasteiger partial charge in [-0.2, -0.15) is 0 Å². The standard InChI is InChI=1S/C14H15N3O2/c1-9-5-4-8-17(9)14(19)12-13(18)16-11-7-3-2-6-10(11)15-12/h2-3,6-7,9H,4-5,8H2,1H3,(H,16,18). The first kappa shape index (κ1) is 11.9. The van der Waals surface area contributed by atoms with Gasteiger partial charge in [-0.05, 0) is 31.9 Å². The molecule has 0 saturated carbocycles. The molecule has 1 aliphatic heterocycles. The molecule has 1 saturated heterocycles. The van der Waals surface area contributed by atoms with Crippen molar-refractivity contribution in [1.29, 1.82) is 0 Å². The van der Waals surface area contributed by atoms with Gasteiger partial charge in [0.2, 0.25) is 0 Å². The van der Waals surface area contributed by atoms with E-state index in [4.69, 9.17) is 0 Å². The highest BCUT2D eigenvalue weighted by Crippen LogP contribution is 2.18. The van der Waals surface area contributed by atoms with Crippen molar-refractivity contribution < 1.29 is 4.79 Å². The number of aromatic nitrogens is 2. The van der Waals surface area contributed by atoms with Gasteiger partial charge in [-0.1, -0.05) is 12.1 Å². The molecule has 2 aromatic rings. The number of nitrogens with zero attached hydrogens (tertiary/aromatic N) is 2. The lowest BCUT2D eigenvalue weighted by Gasteiger charge is -2.20. The Kier molecular flexibility index (Phi) is 2.81. The predicted octanol–water partition coefficient (Wildman–Crippen LogP) is 1.55. The van der Waals surface area contributed by atoms with Gasteiger partial charge < -0.3 is 9.88 Å². The van der Waals surface area contributed by atoms with Crippen molar-refractivity contribution in [3.05, 3.63) is 40.3 Å². The fraction of sp³-hybridized carbons (Fsp3) is 0.357. The molecule has 3 rings (SSSR count). The fourth-order valence-electron chi connectivity index (χ4n) is 2.55. The highest BCUT2D eigenvalue weighted by molar-refractivity contribution is 5.94. The molecule has 1 fully saturated rings. The number of fused-ring (bicyclic) bond motifs is 1. The Morgan fingerprint density at radius 3 is 2.95 bits per heavy atom. The molecule has 1 aromatic heterocycles. The number of H-pyrrole nitrogens is 1. The Morgan fingerprint density at radius 1 is 1.42 bits per heavy atom. The molecule has 0 bridgehead atoms. The normalized spacial score (nSPS) is 19.0. The number of nitrogens with one attached hydrogen (secondary N) is 1. The molecule has 1 aromatic carbocycles. The second-order valence-corrected chi connectivity index (χ2v) is 4.92. The molecule has 1 unspecified atom stereocenters. The molecule has 1 N–H and O–H groups in total. The van der Waals surface area contributed by atoms with Crippen LogP contribution in [0.1, 0.15) is 30.3 Å². The Balaban J connectivity index is 2.07. The summed E-state index contributed by atoms with van der Waals surface area (Å²) in [5.41, 5.74) is 0.867. The lowest BCUT2D eigenvalue weighted by molar-refractivity contribution is 0.0740. The minimum absolute atomic E-state index is 0.00699. The number of hydrogen-bond donors (Lipinski definition) is 1. The second kappa shape index (κ2) is 4.50. The van der Waals surface area contributed by atoms with Crippen LogP contribution in [-0.2, 0) is 0 Å². The van der Waals surface area contributed by atoms with E-state index in [0.717, 1.165) is 12.8 Å². The Morgan fingerprint density at radius 2 is 2.21 bits per heavy atom. The zero-order valence-electron chi connectivity index (χ0n) is 10.7. The first-order valence-corrected chi connectivity index (χ1v) is 6.47. The molecular weight excluding hydrogens is 242 g/mol. The molecule has 2 heterocycles. The number of rotatable bonds is 1. The van der Waals surface area contributed by atoms with Crippen LogP contribution in [0.4, 0.5) is 0 Å². The highest BCUT2D eigenvalue weighted by Gasteiger charge is 2.28. The molecule has 1 aliphatic rings. The largest absolute Gasteiger partial charge is 0.334 e. The van der Waals surface area contributed by atoms with Gasteiger partial charge in [-0.25, -0.2) is 4.98 Å². The Hall–Kier alpha value is -2.17. The van der Waals surface area contributed by atoms with Crippen LogP contribution in [0.3, 0.4) is 0 Å². The van der Waals surface area contributed by atoms with Gasteiger partial charge in [0.25, 0.3) is 11.5 Å². The van der Waals surface area contributed by atoms with Gasteiger partial charge in [-0.3, -0.25) is 9.59 Å². The predicted molar refractivity (Wildman–Crippen MR) is 72.1 cm³/mol. The molecule has 98 valence electrons. The zero-order chi connectivity index (χ0) is 13.4. The maximum atomic E-state index is 12.4. The number of carbonyl (C=O) groups is 1. The Labute approximate surface area is 110 Å². The van der Waals surface area contributed by atoms with E-state index in [1.807, 2.05) is 19.1 Å². The maximum Gasteiger partial charge on any atom is 0.280 e. The van der Waals surface area contributed by atoms with Crippen LogP contribution in [0.2, 0.25) is 0 Å². The van der Waals surface area contributed by atoms with Crippen LogP contribution in [0.15, 0.2) is 29.1 Å². The zero-order valence-corrected chi connectivity index (χ0v) is 10.7. The summed E-state index contributed by atoms with van der Waals surface area (Å²) in [5.74, 6) is -0.267. The molecule has 5 heteroatoms. The fourth-order valence-corrected chi connectivity index (χ4v) is 2.55.